The fraction of sp³-hybridized carbons (Fsp3) is 0.250. The van der Waals surface area contributed by atoms with E-state index in [9.17, 15) is 18.4 Å². The summed E-state index contributed by atoms with van der Waals surface area (Å²) in [6, 6.07) is 6.10. The number of carbonyl (C=O) groups excluding carboxylic acids is 2. The molecule has 0 aliphatic heterocycles. The SMILES string of the molecule is Cc1ccc(COc2nsc(NC(=O)NCCc3cccn3C)c2C(N)=O)c(F)c1F. The third-order valence-electron chi connectivity index (χ3n) is 4.57. The number of urea groups is 1. The van der Waals surface area contributed by atoms with E-state index in [1.807, 2.05) is 29.9 Å². The Labute approximate surface area is 181 Å². The molecule has 8 nitrogen and oxygen atoms in total. The molecule has 31 heavy (non-hydrogen) atoms. The number of anilines is 1. The van der Waals surface area contributed by atoms with Crippen LogP contribution in [0.4, 0.5) is 18.6 Å². The molecule has 3 amide bonds. The predicted octanol–water partition coefficient (Wildman–Crippen LogP) is 3.11. The summed E-state index contributed by atoms with van der Waals surface area (Å²) in [6.07, 6.45) is 2.53. The highest BCUT2D eigenvalue weighted by Gasteiger charge is 2.22. The van der Waals surface area contributed by atoms with Gasteiger partial charge >= 0.3 is 6.03 Å². The summed E-state index contributed by atoms with van der Waals surface area (Å²) in [5, 5.41) is 5.29. The number of primary amides is 1. The van der Waals surface area contributed by atoms with E-state index in [-0.39, 0.29) is 34.2 Å². The number of rotatable bonds is 8. The zero-order valence-electron chi connectivity index (χ0n) is 16.9. The van der Waals surface area contributed by atoms with Crippen molar-refractivity contribution in [1.82, 2.24) is 14.3 Å². The first-order chi connectivity index (χ1) is 14.8. The van der Waals surface area contributed by atoms with E-state index in [0.29, 0.717) is 13.0 Å². The molecule has 4 N–H and O–H groups in total. The normalized spacial score (nSPS) is 10.7. The van der Waals surface area contributed by atoms with Gasteiger partial charge in [0.2, 0.25) is 5.88 Å². The van der Waals surface area contributed by atoms with E-state index in [4.69, 9.17) is 10.5 Å². The molecule has 0 aliphatic rings. The molecule has 0 spiro atoms. The molecule has 164 valence electrons. The molecule has 2 aromatic heterocycles. The molecule has 0 radical (unpaired) electrons. The number of aromatic nitrogens is 2. The van der Waals surface area contributed by atoms with Gasteiger partial charge in [0, 0.05) is 37.5 Å². The second-order valence-corrected chi connectivity index (χ2v) is 7.53. The van der Waals surface area contributed by atoms with Crippen molar-refractivity contribution in [2.75, 3.05) is 11.9 Å². The number of hydrogen-bond donors (Lipinski definition) is 3. The maximum atomic E-state index is 14.0. The van der Waals surface area contributed by atoms with Gasteiger partial charge in [0.05, 0.1) is 0 Å². The third-order valence-corrected chi connectivity index (χ3v) is 5.32. The van der Waals surface area contributed by atoms with Crippen LogP contribution >= 0.6 is 11.5 Å². The first-order valence-electron chi connectivity index (χ1n) is 9.28. The predicted molar refractivity (Wildman–Crippen MR) is 112 cm³/mol. The summed E-state index contributed by atoms with van der Waals surface area (Å²) >= 11 is 0.792. The summed E-state index contributed by atoms with van der Waals surface area (Å²) < 4.78 is 39.0. The highest BCUT2D eigenvalue weighted by Crippen LogP contribution is 2.31. The summed E-state index contributed by atoms with van der Waals surface area (Å²) in [4.78, 5) is 24.0. The number of nitrogens with one attached hydrogen (secondary N) is 2. The number of ether oxygens (including phenoxy) is 1. The highest BCUT2D eigenvalue weighted by molar-refractivity contribution is 7.11. The number of carbonyl (C=O) groups is 2. The van der Waals surface area contributed by atoms with E-state index in [1.54, 1.807) is 0 Å². The molecule has 0 aliphatic carbocycles. The van der Waals surface area contributed by atoms with Crippen LogP contribution in [-0.4, -0.2) is 27.4 Å². The number of amides is 3. The summed E-state index contributed by atoms with van der Waals surface area (Å²) in [5.74, 6) is -3.05. The Kier molecular flexibility index (Phi) is 6.85. The van der Waals surface area contributed by atoms with Gasteiger partial charge in [-0.05, 0) is 36.2 Å². The minimum Gasteiger partial charge on any atom is -0.471 e. The number of benzene rings is 1. The van der Waals surface area contributed by atoms with Gasteiger partial charge in [-0.15, -0.1) is 0 Å². The maximum Gasteiger partial charge on any atom is 0.319 e. The van der Waals surface area contributed by atoms with Crippen LogP contribution in [0.5, 0.6) is 5.88 Å². The minimum absolute atomic E-state index is 0.0422. The Bertz CT molecular complexity index is 1110. The van der Waals surface area contributed by atoms with Gasteiger partial charge in [-0.2, -0.15) is 4.37 Å². The molecule has 0 bridgehead atoms. The topological polar surface area (TPSA) is 111 Å². The monoisotopic (exact) mass is 449 g/mol. The van der Waals surface area contributed by atoms with Gasteiger partial charge in [-0.1, -0.05) is 12.1 Å². The Morgan fingerprint density at radius 2 is 2.03 bits per heavy atom. The van der Waals surface area contributed by atoms with Crippen molar-refractivity contribution in [2.24, 2.45) is 12.8 Å². The first-order valence-corrected chi connectivity index (χ1v) is 10.1. The summed E-state index contributed by atoms with van der Waals surface area (Å²) in [7, 11) is 1.91. The summed E-state index contributed by atoms with van der Waals surface area (Å²) in [6.45, 7) is 1.45. The molecule has 1 aromatic carbocycles. The molecular weight excluding hydrogens is 428 g/mol. The van der Waals surface area contributed by atoms with E-state index >= 15 is 0 Å². The van der Waals surface area contributed by atoms with E-state index in [0.717, 1.165) is 17.2 Å². The smallest absolute Gasteiger partial charge is 0.319 e. The molecule has 3 rings (SSSR count). The van der Waals surface area contributed by atoms with Crippen LogP contribution in [0.2, 0.25) is 0 Å². The van der Waals surface area contributed by atoms with Crippen LogP contribution in [0, 0.1) is 18.6 Å². The van der Waals surface area contributed by atoms with Crippen molar-refractivity contribution in [3.63, 3.8) is 0 Å². The van der Waals surface area contributed by atoms with Crippen LogP contribution in [-0.2, 0) is 20.1 Å². The molecule has 2 heterocycles. The van der Waals surface area contributed by atoms with E-state index < -0.39 is 23.6 Å². The molecule has 0 saturated carbocycles. The van der Waals surface area contributed by atoms with Crippen LogP contribution < -0.4 is 21.1 Å². The van der Waals surface area contributed by atoms with Gasteiger partial charge in [0.15, 0.2) is 11.6 Å². The lowest BCUT2D eigenvalue weighted by atomic mass is 10.1. The molecule has 0 saturated heterocycles. The maximum absolute atomic E-state index is 14.0. The van der Waals surface area contributed by atoms with Crippen molar-refractivity contribution in [2.45, 2.75) is 20.0 Å². The Morgan fingerprint density at radius 1 is 1.26 bits per heavy atom. The lowest BCUT2D eigenvalue weighted by Gasteiger charge is -2.09. The van der Waals surface area contributed by atoms with Crippen molar-refractivity contribution in [1.29, 1.82) is 0 Å². The second kappa shape index (κ2) is 9.56. The average molecular weight is 449 g/mol. The molecule has 0 atom stereocenters. The van der Waals surface area contributed by atoms with Gasteiger partial charge in [0.1, 0.15) is 17.2 Å². The van der Waals surface area contributed by atoms with Crippen molar-refractivity contribution in [3.8, 4) is 5.88 Å². The van der Waals surface area contributed by atoms with Gasteiger partial charge in [0.25, 0.3) is 5.91 Å². The van der Waals surface area contributed by atoms with Crippen LogP contribution in [0.1, 0.15) is 27.2 Å². The number of nitrogens with zero attached hydrogens (tertiary/aromatic N) is 2. The Morgan fingerprint density at radius 3 is 2.71 bits per heavy atom. The fourth-order valence-electron chi connectivity index (χ4n) is 2.83. The molecule has 0 fully saturated rings. The minimum atomic E-state index is -1.04. The van der Waals surface area contributed by atoms with Gasteiger partial charge in [-0.3, -0.25) is 10.1 Å². The molecule has 11 heteroatoms. The average Bonchev–Trinajstić information content (AvgIpc) is 3.31. The first kappa shape index (κ1) is 22.2. The summed E-state index contributed by atoms with van der Waals surface area (Å²) in [5.41, 5.74) is 6.43. The third kappa shape index (κ3) is 5.18. The number of hydrogen-bond acceptors (Lipinski definition) is 5. The second-order valence-electron chi connectivity index (χ2n) is 6.76. The number of halogens is 2. The van der Waals surface area contributed by atoms with Gasteiger partial charge < -0.3 is 20.4 Å². The number of nitrogens with two attached hydrogens (primary N) is 1. The van der Waals surface area contributed by atoms with Gasteiger partial charge in [-0.25, -0.2) is 13.6 Å². The number of aryl methyl sites for hydroxylation is 2. The van der Waals surface area contributed by atoms with E-state index in [2.05, 4.69) is 15.0 Å². The Balaban J connectivity index is 1.63. The van der Waals surface area contributed by atoms with Crippen LogP contribution in [0.15, 0.2) is 30.5 Å². The molecule has 3 aromatic rings. The zero-order valence-corrected chi connectivity index (χ0v) is 17.7. The van der Waals surface area contributed by atoms with Crippen molar-refractivity contribution < 1.29 is 23.1 Å². The van der Waals surface area contributed by atoms with Crippen LogP contribution in [0.3, 0.4) is 0 Å². The molecular formula is C20H21F2N5O3S. The lowest BCUT2D eigenvalue weighted by Crippen LogP contribution is -2.31. The highest BCUT2D eigenvalue weighted by atomic mass is 32.1. The lowest BCUT2D eigenvalue weighted by molar-refractivity contribution is 0.0996. The fourth-order valence-corrected chi connectivity index (χ4v) is 3.56. The zero-order chi connectivity index (χ0) is 22.5. The molecule has 0 unspecified atom stereocenters. The standard InChI is InChI=1S/C20H21F2N5O3S/c1-11-5-6-12(16(22)15(11)21)10-30-18-14(17(23)28)19(31-26-18)25-20(29)24-8-7-13-4-3-9-27(13)2/h3-6,9H,7-8,10H2,1-2H3,(H2,23,28)(H2,24,25,29). The van der Waals surface area contributed by atoms with E-state index in [1.165, 1.54) is 19.1 Å². The Hall–Kier alpha value is -3.47. The quantitative estimate of drug-likeness (QED) is 0.491. The van der Waals surface area contributed by atoms with Crippen molar-refractivity contribution in [3.05, 3.63) is 64.5 Å². The van der Waals surface area contributed by atoms with Crippen LogP contribution in [0.25, 0.3) is 0 Å². The largest absolute Gasteiger partial charge is 0.471 e. The van der Waals surface area contributed by atoms with Crippen molar-refractivity contribution >= 4 is 28.5 Å².